The quantitative estimate of drug-likeness (QED) is 0.335. The van der Waals surface area contributed by atoms with Crippen molar-refractivity contribution < 1.29 is 23.5 Å². The van der Waals surface area contributed by atoms with Crippen LogP contribution in [0, 0.1) is 0 Å². The second-order valence-corrected chi connectivity index (χ2v) is 13.5. The van der Waals surface area contributed by atoms with Gasteiger partial charge in [0.15, 0.2) is 0 Å². The van der Waals surface area contributed by atoms with Gasteiger partial charge in [0.05, 0.1) is 13.7 Å². The minimum absolute atomic E-state index is 0.142. The maximum atomic E-state index is 12.5. The maximum absolute atomic E-state index is 12.5. The number of carbonyl (C=O) groups is 2. The number of hydrogen-bond acceptors (Lipinski definition) is 5. The molecule has 0 spiro atoms. The molecule has 0 saturated carbocycles. The molecule has 1 saturated heterocycles. The topological polar surface area (TPSA) is 65.1 Å². The molecule has 0 radical (unpaired) electrons. The van der Waals surface area contributed by atoms with Crippen LogP contribution in [0.3, 0.4) is 0 Å². The third kappa shape index (κ3) is 5.04. The first-order valence-electron chi connectivity index (χ1n) is 11.2. The number of rotatable bonds is 8. The third-order valence-corrected chi connectivity index (χ3v) is 11.1. The highest BCUT2D eigenvalue weighted by molar-refractivity contribution is 6.99. The van der Waals surface area contributed by atoms with Gasteiger partial charge in [0.1, 0.15) is 12.3 Å². The summed E-state index contributed by atoms with van der Waals surface area (Å²) in [6, 6.07) is 20.8. The molecule has 0 N–H and O–H groups in total. The Hall–Kier alpha value is -2.90. The lowest BCUT2D eigenvalue weighted by Gasteiger charge is -2.43. The molecule has 2 aromatic rings. The summed E-state index contributed by atoms with van der Waals surface area (Å²) in [5, 5.41) is 2.25. The summed E-state index contributed by atoms with van der Waals surface area (Å²) < 4.78 is 16.9. The molecule has 1 aliphatic heterocycles. The van der Waals surface area contributed by atoms with E-state index in [0.717, 1.165) is 5.57 Å². The molecule has 33 heavy (non-hydrogen) atoms. The molecule has 6 nitrogen and oxygen atoms in total. The van der Waals surface area contributed by atoms with Crippen LogP contribution in [0.1, 0.15) is 34.1 Å². The van der Waals surface area contributed by atoms with Crippen molar-refractivity contribution in [2.24, 2.45) is 0 Å². The molecule has 176 valence electrons. The summed E-state index contributed by atoms with van der Waals surface area (Å²) in [5.74, 6) is -0.545. The molecule has 1 amide bonds. The minimum Gasteiger partial charge on any atom is -0.464 e. The second-order valence-electron chi connectivity index (χ2n) is 9.15. The van der Waals surface area contributed by atoms with Crippen molar-refractivity contribution in [2.45, 2.75) is 39.2 Å². The van der Waals surface area contributed by atoms with Gasteiger partial charge in [-0.25, -0.2) is 9.59 Å². The number of nitrogens with zero attached hydrogens (tertiary/aromatic N) is 1. The van der Waals surface area contributed by atoms with Gasteiger partial charge >= 0.3 is 12.1 Å². The van der Waals surface area contributed by atoms with Crippen LogP contribution in [0.2, 0.25) is 5.04 Å². The first kappa shape index (κ1) is 24.7. The normalized spacial score (nSPS) is 15.2. The molecule has 1 fully saturated rings. The summed E-state index contributed by atoms with van der Waals surface area (Å²) >= 11 is 0. The van der Waals surface area contributed by atoms with Crippen molar-refractivity contribution >= 4 is 30.8 Å². The van der Waals surface area contributed by atoms with Crippen molar-refractivity contribution in [1.29, 1.82) is 0 Å². The lowest BCUT2D eigenvalue weighted by Crippen LogP contribution is -2.66. The average Bonchev–Trinajstić information content (AvgIpc) is 3.22. The molecule has 1 aliphatic rings. The standard InChI is InChI=1S/C26H33NO5Si/c1-20(23(24(28)30-5)27-17-19-31-25(27)29)16-18-32-33(26(2,3)4,21-12-8-6-9-13-21)22-14-10-7-11-15-22/h6-15H,16-19H2,1-5H3/b23-20-. The van der Waals surface area contributed by atoms with Gasteiger partial charge in [-0.3, -0.25) is 4.90 Å². The molecule has 0 unspecified atom stereocenters. The van der Waals surface area contributed by atoms with Gasteiger partial charge in [0.2, 0.25) is 0 Å². The van der Waals surface area contributed by atoms with Crippen molar-refractivity contribution in [3.63, 3.8) is 0 Å². The van der Waals surface area contributed by atoms with E-state index >= 15 is 0 Å². The molecular formula is C26H33NO5Si. The Labute approximate surface area is 197 Å². The Balaban J connectivity index is 1.97. The largest absolute Gasteiger partial charge is 0.464 e. The summed E-state index contributed by atoms with van der Waals surface area (Å²) in [6.45, 7) is 9.50. The van der Waals surface area contributed by atoms with Gasteiger partial charge < -0.3 is 13.9 Å². The SMILES string of the molecule is COC(=O)/C(=C(\C)CCO[Si](c1ccccc1)(c1ccccc1)C(C)(C)C)N1CCOC1=O. The van der Waals surface area contributed by atoms with E-state index in [1.54, 1.807) is 0 Å². The van der Waals surface area contributed by atoms with Crippen molar-refractivity contribution in [2.75, 3.05) is 26.9 Å². The number of methoxy groups -OCH3 is 1. The van der Waals surface area contributed by atoms with Crippen LogP contribution >= 0.6 is 0 Å². The van der Waals surface area contributed by atoms with Crippen LogP contribution in [-0.4, -0.2) is 52.1 Å². The number of benzene rings is 2. The smallest absolute Gasteiger partial charge is 0.414 e. The van der Waals surface area contributed by atoms with Gasteiger partial charge in [0, 0.05) is 6.61 Å². The first-order chi connectivity index (χ1) is 15.7. The second kappa shape index (κ2) is 10.4. The fraction of sp³-hybridized carbons (Fsp3) is 0.385. The third-order valence-electron chi connectivity index (χ3n) is 6.03. The number of esters is 1. The molecule has 2 aromatic carbocycles. The molecular weight excluding hydrogens is 434 g/mol. The molecule has 0 atom stereocenters. The molecule has 0 aromatic heterocycles. The van der Waals surface area contributed by atoms with Crippen LogP contribution < -0.4 is 10.4 Å². The van der Waals surface area contributed by atoms with Gasteiger partial charge in [-0.2, -0.15) is 0 Å². The van der Waals surface area contributed by atoms with Crippen LogP contribution in [0.25, 0.3) is 0 Å². The van der Waals surface area contributed by atoms with E-state index in [1.807, 2.05) is 19.1 Å². The van der Waals surface area contributed by atoms with Gasteiger partial charge in [-0.05, 0) is 34.3 Å². The zero-order chi connectivity index (χ0) is 24.1. The van der Waals surface area contributed by atoms with E-state index in [0.29, 0.717) is 19.6 Å². The number of ether oxygens (including phenoxy) is 2. The van der Waals surface area contributed by atoms with Crippen molar-refractivity contribution in [3.05, 3.63) is 71.9 Å². The zero-order valence-corrected chi connectivity index (χ0v) is 21.1. The molecule has 1 heterocycles. The number of cyclic esters (lactones) is 1. The summed E-state index contributed by atoms with van der Waals surface area (Å²) in [7, 11) is -1.36. The average molecular weight is 468 g/mol. The summed E-state index contributed by atoms with van der Waals surface area (Å²) in [4.78, 5) is 26.0. The Morgan fingerprint density at radius 2 is 1.58 bits per heavy atom. The maximum Gasteiger partial charge on any atom is 0.414 e. The molecule has 7 heteroatoms. The Kier molecular flexibility index (Phi) is 7.76. The van der Waals surface area contributed by atoms with Crippen LogP contribution in [0.5, 0.6) is 0 Å². The molecule has 3 rings (SSSR count). The summed E-state index contributed by atoms with van der Waals surface area (Å²) in [6.07, 6.45) is -0.0405. The van der Waals surface area contributed by atoms with Gasteiger partial charge in [-0.1, -0.05) is 81.4 Å². The first-order valence-corrected chi connectivity index (χ1v) is 13.1. The number of carbonyl (C=O) groups excluding carboxylic acids is 2. The number of amides is 1. The van der Waals surface area contributed by atoms with E-state index in [1.165, 1.54) is 22.4 Å². The fourth-order valence-electron chi connectivity index (χ4n) is 4.45. The molecule has 0 aliphatic carbocycles. The predicted octanol–water partition coefficient (Wildman–Crippen LogP) is 3.85. The van der Waals surface area contributed by atoms with E-state index in [9.17, 15) is 9.59 Å². The lowest BCUT2D eigenvalue weighted by molar-refractivity contribution is -0.137. The predicted molar refractivity (Wildman–Crippen MR) is 131 cm³/mol. The Bertz CT molecular complexity index is 959. The minimum atomic E-state index is -2.68. The van der Waals surface area contributed by atoms with E-state index in [2.05, 4.69) is 69.3 Å². The lowest BCUT2D eigenvalue weighted by atomic mass is 10.1. The van der Waals surface area contributed by atoms with Crippen LogP contribution in [-0.2, 0) is 18.7 Å². The fourth-order valence-corrected chi connectivity index (χ4v) is 9.01. The van der Waals surface area contributed by atoms with Crippen molar-refractivity contribution in [3.8, 4) is 0 Å². The highest BCUT2D eigenvalue weighted by Gasteiger charge is 2.50. The monoisotopic (exact) mass is 467 g/mol. The molecule has 0 bridgehead atoms. The number of hydrogen-bond donors (Lipinski definition) is 0. The zero-order valence-electron chi connectivity index (χ0n) is 20.1. The van der Waals surface area contributed by atoms with Gasteiger partial charge in [0.25, 0.3) is 8.32 Å². The summed E-state index contributed by atoms with van der Waals surface area (Å²) in [5.41, 5.74) is 0.977. The van der Waals surface area contributed by atoms with E-state index < -0.39 is 20.4 Å². The van der Waals surface area contributed by atoms with Crippen LogP contribution in [0.15, 0.2) is 71.9 Å². The van der Waals surface area contributed by atoms with E-state index in [-0.39, 0.29) is 17.3 Å². The van der Waals surface area contributed by atoms with E-state index in [4.69, 9.17) is 13.9 Å². The Morgan fingerprint density at radius 3 is 2.00 bits per heavy atom. The van der Waals surface area contributed by atoms with Crippen LogP contribution in [0.4, 0.5) is 4.79 Å². The van der Waals surface area contributed by atoms with Crippen molar-refractivity contribution in [1.82, 2.24) is 4.90 Å². The Morgan fingerprint density at radius 1 is 1.03 bits per heavy atom. The highest BCUT2D eigenvalue weighted by atomic mass is 28.4. The highest BCUT2D eigenvalue weighted by Crippen LogP contribution is 2.37. The van der Waals surface area contributed by atoms with Gasteiger partial charge in [-0.15, -0.1) is 0 Å².